The fraction of sp³-hybridized carbons (Fsp3) is 0.632. The molecule has 2 heterocycles. The van der Waals surface area contributed by atoms with E-state index in [0.717, 1.165) is 43.7 Å². The Morgan fingerprint density at radius 1 is 1.40 bits per heavy atom. The summed E-state index contributed by atoms with van der Waals surface area (Å²) >= 11 is 0. The van der Waals surface area contributed by atoms with Crippen LogP contribution in [0.5, 0.6) is 0 Å². The minimum Gasteiger partial charge on any atom is -0.360 e. The number of piperidine rings is 1. The van der Waals surface area contributed by atoms with E-state index < -0.39 is 0 Å². The summed E-state index contributed by atoms with van der Waals surface area (Å²) in [5, 5.41) is 3.02. The number of anilines is 1. The molecule has 6 heteroatoms. The second-order valence-electron chi connectivity index (χ2n) is 6.68. The molecular formula is C19H30N4O2. The lowest BCUT2D eigenvalue weighted by Gasteiger charge is -2.32. The monoisotopic (exact) mass is 346 g/mol. The van der Waals surface area contributed by atoms with Crippen LogP contribution >= 0.6 is 0 Å². The van der Waals surface area contributed by atoms with Gasteiger partial charge in [0.15, 0.2) is 0 Å². The van der Waals surface area contributed by atoms with Gasteiger partial charge in [0.1, 0.15) is 5.82 Å². The molecule has 2 rings (SSSR count). The number of likely N-dealkylation sites (tertiary alicyclic amines) is 1. The molecule has 1 atom stereocenters. The molecular weight excluding hydrogens is 316 g/mol. The molecule has 0 spiro atoms. The van der Waals surface area contributed by atoms with Crippen LogP contribution in [0.4, 0.5) is 5.82 Å². The highest BCUT2D eigenvalue weighted by Crippen LogP contribution is 2.18. The topological polar surface area (TPSA) is 65.5 Å². The summed E-state index contributed by atoms with van der Waals surface area (Å²) in [5.41, 5.74) is 1.04. The first-order chi connectivity index (χ1) is 12.0. The van der Waals surface area contributed by atoms with Crippen LogP contribution in [0.15, 0.2) is 18.3 Å². The average Bonchev–Trinajstić information content (AvgIpc) is 2.66. The number of carbonyl (C=O) groups excluding carboxylic acids is 2. The molecule has 0 aromatic carbocycles. The van der Waals surface area contributed by atoms with Crippen molar-refractivity contribution in [3.63, 3.8) is 0 Å². The highest BCUT2D eigenvalue weighted by atomic mass is 16.2. The predicted molar refractivity (Wildman–Crippen MR) is 99.2 cm³/mol. The summed E-state index contributed by atoms with van der Waals surface area (Å²) in [6.07, 6.45) is 4.94. The Balaban J connectivity index is 1.88. The van der Waals surface area contributed by atoms with Gasteiger partial charge in [0, 0.05) is 45.8 Å². The van der Waals surface area contributed by atoms with Crippen molar-refractivity contribution in [2.24, 2.45) is 5.92 Å². The van der Waals surface area contributed by atoms with E-state index >= 15 is 0 Å². The quantitative estimate of drug-likeness (QED) is 0.822. The van der Waals surface area contributed by atoms with E-state index in [1.807, 2.05) is 31.0 Å². The Bertz CT molecular complexity index is 591. The molecule has 0 bridgehead atoms. The van der Waals surface area contributed by atoms with E-state index in [1.54, 1.807) is 6.20 Å². The van der Waals surface area contributed by atoms with Crippen LogP contribution in [0.1, 0.15) is 45.1 Å². The van der Waals surface area contributed by atoms with Crippen LogP contribution in [-0.4, -0.2) is 48.4 Å². The summed E-state index contributed by atoms with van der Waals surface area (Å²) in [7, 11) is 1.99. The number of rotatable bonds is 7. The fourth-order valence-electron chi connectivity index (χ4n) is 3.06. The number of pyridine rings is 1. The Hall–Kier alpha value is -2.11. The van der Waals surface area contributed by atoms with Gasteiger partial charge < -0.3 is 15.1 Å². The molecule has 0 unspecified atom stereocenters. The largest absolute Gasteiger partial charge is 0.360 e. The first kappa shape index (κ1) is 19.2. The molecule has 1 N–H and O–H groups in total. The normalized spacial score (nSPS) is 17.2. The molecule has 1 aliphatic rings. The summed E-state index contributed by atoms with van der Waals surface area (Å²) in [5.74, 6) is 1.01. The highest BCUT2D eigenvalue weighted by Gasteiger charge is 2.27. The highest BCUT2D eigenvalue weighted by molar-refractivity contribution is 5.81. The van der Waals surface area contributed by atoms with Gasteiger partial charge in [-0.05, 0) is 43.9 Å². The van der Waals surface area contributed by atoms with Gasteiger partial charge in [-0.1, -0.05) is 6.92 Å². The van der Waals surface area contributed by atoms with Crippen molar-refractivity contribution in [2.75, 3.05) is 31.6 Å². The van der Waals surface area contributed by atoms with E-state index in [-0.39, 0.29) is 17.7 Å². The van der Waals surface area contributed by atoms with Gasteiger partial charge >= 0.3 is 0 Å². The number of nitrogens with zero attached hydrogens (tertiary/aromatic N) is 3. The molecule has 25 heavy (non-hydrogen) atoms. The minimum absolute atomic E-state index is 0.0382. The molecule has 0 saturated carbocycles. The van der Waals surface area contributed by atoms with E-state index in [0.29, 0.717) is 19.5 Å². The summed E-state index contributed by atoms with van der Waals surface area (Å²) in [4.78, 5) is 32.8. The molecule has 0 radical (unpaired) electrons. The van der Waals surface area contributed by atoms with Crippen molar-refractivity contribution in [3.05, 3.63) is 23.9 Å². The van der Waals surface area contributed by atoms with Crippen LogP contribution in [0, 0.1) is 5.92 Å². The second kappa shape index (κ2) is 9.39. The molecule has 0 aliphatic carbocycles. The van der Waals surface area contributed by atoms with Crippen molar-refractivity contribution in [1.82, 2.24) is 15.2 Å². The van der Waals surface area contributed by atoms with Gasteiger partial charge in [0.05, 0.1) is 5.92 Å². The Kier molecular flexibility index (Phi) is 7.22. The molecule has 1 saturated heterocycles. The van der Waals surface area contributed by atoms with Crippen LogP contribution in [-0.2, 0) is 16.1 Å². The molecule has 138 valence electrons. The lowest BCUT2D eigenvalue weighted by Crippen LogP contribution is -2.45. The smallest absolute Gasteiger partial charge is 0.225 e. The maximum absolute atomic E-state index is 12.5. The molecule has 1 aliphatic heterocycles. The zero-order valence-corrected chi connectivity index (χ0v) is 15.6. The Morgan fingerprint density at radius 3 is 2.92 bits per heavy atom. The SMILES string of the molecule is CCCC(=O)N1CCC[C@@H](C(=O)NCc2ccnc(N(C)CC)c2)C1. The number of amides is 2. The van der Waals surface area contributed by atoms with Crippen molar-refractivity contribution in [3.8, 4) is 0 Å². The maximum atomic E-state index is 12.5. The van der Waals surface area contributed by atoms with Gasteiger partial charge in [0.2, 0.25) is 11.8 Å². The number of aromatic nitrogens is 1. The lowest BCUT2D eigenvalue weighted by molar-refractivity contribution is -0.135. The Morgan fingerprint density at radius 2 is 2.20 bits per heavy atom. The third-order valence-electron chi connectivity index (χ3n) is 4.75. The van der Waals surface area contributed by atoms with Crippen molar-refractivity contribution in [1.29, 1.82) is 0 Å². The van der Waals surface area contributed by atoms with Crippen LogP contribution in [0.2, 0.25) is 0 Å². The van der Waals surface area contributed by atoms with Gasteiger partial charge in [-0.15, -0.1) is 0 Å². The molecule has 1 fully saturated rings. The number of hydrogen-bond acceptors (Lipinski definition) is 4. The summed E-state index contributed by atoms with van der Waals surface area (Å²) in [6.45, 7) is 6.78. The average molecular weight is 346 g/mol. The second-order valence-corrected chi connectivity index (χ2v) is 6.68. The van der Waals surface area contributed by atoms with E-state index in [4.69, 9.17) is 0 Å². The summed E-state index contributed by atoms with van der Waals surface area (Å²) < 4.78 is 0. The standard InChI is InChI=1S/C19H30N4O2/c1-4-7-18(24)23-11-6-8-16(14-23)19(25)21-13-15-9-10-20-17(12-15)22(3)5-2/h9-10,12,16H,4-8,11,13-14H2,1-3H3,(H,21,25)/t16-/m1/s1. The molecule has 1 aromatic rings. The zero-order valence-electron chi connectivity index (χ0n) is 15.6. The minimum atomic E-state index is -0.103. The first-order valence-electron chi connectivity index (χ1n) is 9.26. The fourth-order valence-corrected chi connectivity index (χ4v) is 3.06. The molecule has 2 amide bonds. The zero-order chi connectivity index (χ0) is 18.2. The van der Waals surface area contributed by atoms with Crippen LogP contribution < -0.4 is 10.2 Å². The molecule has 6 nitrogen and oxygen atoms in total. The summed E-state index contributed by atoms with van der Waals surface area (Å²) in [6, 6.07) is 3.92. The molecule has 1 aromatic heterocycles. The third-order valence-corrected chi connectivity index (χ3v) is 4.75. The van der Waals surface area contributed by atoms with E-state index in [1.165, 1.54) is 0 Å². The first-order valence-corrected chi connectivity index (χ1v) is 9.26. The van der Waals surface area contributed by atoms with Crippen LogP contribution in [0.3, 0.4) is 0 Å². The predicted octanol–water partition coefficient (Wildman–Crippen LogP) is 2.19. The lowest BCUT2D eigenvalue weighted by atomic mass is 9.96. The number of carbonyl (C=O) groups is 2. The van der Waals surface area contributed by atoms with Crippen molar-refractivity contribution in [2.45, 2.75) is 46.1 Å². The van der Waals surface area contributed by atoms with Gasteiger partial charge in [0.25, 0.3) is 0 Å². The van der Waals surface area contributed by atoms with Crippen LogP contribution in [0.25, 0.3) is 0 Å². The third kappa shape index (κ3) is 5.44. The van der Waals surface area contributed by atoms with Gasteiger partial charge in [-0.3, -0.25) is 9.59 Å². The van der Waals surface area contributed by atoms with E-state index in [9.17, 15) is 9.59 Å². The van der Waals surface area contributed by atoms with E-state index in [2.05, 4.69) is 22.1 Å². The van der Waals surface area contributed by atoms with Gasteiger partial charge in [-0.2, -0.15) is 0 Å². The number of nitrogens with one attached hydrogen (secondary N) is 1. The Labute approximate surface area is 150 Å². The van der Waals surface area contributed by atoms with Crippen molar-refractivity contribution >= 4 is 17.6 Å². The number of hydrogen-bond donors (Lipinski definition) is 1. The van der Waals surface area contributed by atoms with Crippen molar-refractivity contribution < 1.29 is 9.59 Å². The van der Waals surface area contributed by atoms with Gasteiger partial charge in [-0.25, -0.2) is 4.98 Å². The maximum Gasteiger partial charge on any atom is 0.225 e.